The first-order valence-electron chi connectivity index (χ1n) is 5.91. The molecule has 1 aliphatic carbocycles. The Morgan fingerprint density at radius 3 is 2.24 bits per heavy atom. The van der Waals surface area contributed by atoms with E-state index in [1.165, 1.54) is 16.7 Å². The third kappa shape index (κ3) is 1.72. The third-order valence-corrected chi connectivity index (χ3v) is 3.49. The van der Waals surface area contributed by atoms with E-state index in [1.807, 2.05) is 18.2 Å². The summed E-state index contributed by atoms with van der Waals surface area (Å²) in [5, 5.41) is 9.22. The van der Waals surface area contributed by atoms with Crippen molar-refractivity contribution in [3.05, 3.63) is 60.2 Å². The van der Waals surface area contributed by atoms with E-state index in [4.69, 9.17) is 0 Å². The summed E-state index contributed by atoms with van der Waals surface area (Å²) >= 11 is 0. The summed E-state index contributed by atoms with van der Waals surface area (Å²) in [5.41, 5.74) is 3.39. The van der Waals surface area contributed by atoms with Crippen molar-refractivity contribution in [2.75, 3.05) is 0 Å². The zero-order valence-corrected chi connectivity index (χ0v) is 9.56. The van der Waals surface area contributed by atoms with Crippen molar-refractivity contribution in [3.63, 3.8) is 0 Å². The largest absolute Gasteiger partial charge is 0.197 e. The van der Waals surface area contributed by atoms with E-state index in [0.717, 1.165) is 12.8 Å². The Morgan fingerprint density at radius 2 is 1.59 bits per heavy atom. The molecule has 0 atom stereocenters. The molecule has 1 fully saturated rings. The van der Waals surface area contributed by atoms with Crippen LogP contribution >= 0.6 is 0 Å². The zero-order valence-electron chi connectivity index (χ0n) is 9.56. The highest BCUT2D eigenvalue weighted by Gasteiger charge is 2.44. The van der Waals surface area contributed by atoms with Crippen molar-refractivity contribution >= 4 is 0 Å². The van der Waals surface area contributed by atoms with Gasteiger partial charge < -0.3 is 0 Å². The molecule has 1 nitrogen and oxygen atoms in total. The molecular weight excluding hydrogens is 206 g/mol. The molecule has 17 heavy (non-hydrogen) atoms. The van der Waals surface area contributed by atoms with Gasteiger partial charge in [-0.3, -0.25) is 0 Å². The molecule has 0 unspecified atom stereocenters. The Kier molecular flexibility index (Phi) is 2.23. The molecule has 0 bridgehead atoms. The quantitative estimate of drug-likeness (QED) is 0.751. The Bertz CT molecular complexity index is 574. The first-order chi connectivity index (χ1) is 8.34. The van der Waals surface area contributed by atoms with Crippen molar-refractivity contribution in [3.8, 4) is 17.2 Å². The van der Waals surface area contributed by atoms with Crippen LogP contribution in [-0.2, 0) is 5.41 Å². The molecule has 0 radical (unpaired) electrons. The van der Waals surface area contributed by atoms with E-state index in [0.29, 0.717) is 0 Å². The van der Waals surface area contributed by atoms with Gasteiger partial charge in [0.15, 0.2) is 0 Å². The number of nitriles is 1. The predicted octanol–water partition coefficient (Wildman–Crippen LogP) is 3.91. The maximum absolute atomic E-state index is 9.22. The lowest BCUT2D eigenvalue weighted by atomic mass is 9.94. The second-order valence-electron chi connectivity index (χ2n) is 4.64. The smallest absolute Gasteiger partial charge is 0.0824 e. The molecule has 2 aromatic carbocycles. The van der Waals surface area contributed by atoms with Crippen molar-refractivity contribution in [1.82, 2.24) is 0 Å². The maximum Gasteiger partial charge on any atom is 0.0824 e. The van der Waals surface area contributed by atoms with Gasteiger partial charge in [0.25, 0.3) is 0 Å². The number of rotatable bonds is 2. The molecule has 0 saturated heterocycles. The summed E-state index contributed by atoms with van der Waals surface area (Å²) in [6.07, 6.45) is 2.00. The van der Waals surface area contributed by atoms with Gasteiger partial charge in [-0.1, -0.05) is 48.5 Å². The highest BCUT2D eigenvalue weighted by Crippen LogP contribution is 2.48. The molecule has 0 N–H and O–H groups in total. The minimum Gasteiger partial charge on any atom is -0.197 e. The van der Waals surface area contributed by atoms with Gasteiger partial charge in [-0.15, -0.1) is 0 Å². The van der Waals surface area contributed by atoms with Crippen LogP contribution in [0.3, 0.4) is 0 Å². The summed E-state index contributed by atoms with van der Waals surface area (Å²) in [7, 11) is 0. The van der Waals surface area contributed by atoms with Gasteiger partial charge in [0.2, 0.25) is 0 Å². The number of nitrogens with zero attached hydrogens (tertiary/aromatic N) is 1. The molecule has 0 spiro atoms. The summed E-state index contributed by atoms with van der Waals surface area (Å²) in [6.45, 7) is 0. The number of benzene rings is 2. The SMILES string of the molecule is N#CC1(c2cccc(-c3ccccc3)c2)CC1. The average Bonchev–Trinajstić information content (AvgIpc) is 3.21. The minimum atomic E-state index is -0.190. The molecule has 1 saturated carbocycles. The van der Waals surface area contributed by atoms with Crippen LogP contribution in [0.5, 0.6) is 0 Å². The molecular formula is C16H13N. The van der Waals surface area contributed by atoms with Crippen LogP contribution in [0.1, 0.15) is 18.4 Å². The van der Waals surface area contributed by atoms with Crippen molar-refractivity contribution < 1.29 is 0 Å². The molecule has 0 aromatic heterocycles. The van der Waals surface area contributed by atoms with Crippen LogP contribution in [-0.4, -0.2) is 0 Å². The fraction of sp³-hybridized carbons (Fsp3) is 0.188. The lowest BCUT2D eigenvalue weighted by Crippen LogP contribution is -2.01. The van der Waals surface area contributed by atoms with Gasteiger partial charge in [-0.2, -0.15) is 5.26 Å². The van der Waals surface area contributed by atoms with Gasteiger partial charge in [0, 0.05) is 0 Å². The molecule has 0 heterocycles. The molecule has 3 rings (SSSR count). The summed E-state index contributed by atoms with van der Waals surface area (Å²) in [6, 6.07) is 21.1. The van der Waals surface area contributed by atoms with E-state index in [1.54, 1.807) is 0 Å². The molecule has 82 valence electrons. The van der Waals surface area contributed by atoms with Gasteiger partial charge in [-0.25, -0.2) is 0 Å². The standard InChI is InChI=1S/C16H13N/c17-12-16(9-10-16)15-8-4-7-14(11-15)13-5-2-1-3-6-13/h1-8,11H,9-10H2. The molecule has 1 heteroatoms. The van der Waals surface area contributed by atoms with Crippen LogP contribution in [0.15, 0.2) is 54.6 Å². The van der Waals surface area contributed by atoms with Gasteiger partial charge >= 0.3 is 0 Å². The molecule has 2 aromatic rings. The van der Waals surface area contributed by atoms with Gasteiger partial charge in [0.05, 0.1) is 11.5 Å². The maximum atomic E-state index is 9.22. The monoisotopic (exact) mass is 219 g/mol. The van der Waals surface area contributed by atoms with Crippen LogP contribution in [0.25, 0.3) is 11.1 Å². The summed E-state index contributed by atoms with van der Waals surface area (Å²) < 4.78 is 0. The average molecular weight is 219 g/mol. The van der Waals surface area contributed by atoms with E-state index < -0.39 is 0 Å². The lowest BCUT2D eigenvalue weighted by molar-refractivity contribution is 0.909. The fourth-order valence-corrected chi connectivity index (χ4v) is 2.22. The van der Waals surface area contributed by atoms with E-state index in [2.05, 4.69) is 42.5 Å². The number of hydrogen-bond donors (Lipinski definition) is 0. The van der Waals surface area contributed by atoms with Crippen molar-refractivity contribution in [2.45, 2.75) is 18.3 Å². The van der Waals surface area contributed by atoms with Gasteiger partial charge in [-0.05, 0) is 35.6 Å². The number of hydrogen-bond acceptors (Lipinski definition) is 1. The second kappa shape index (κ2) is 3.75. The molecule has 1 aliphatic rings. The first kappa shape index (κ1) is 10.1. The normalized spacial score (nSPS) is 16.2. The topological polar surface area (TPSA) is 23.8 Å². The van der Waals surface area contributed by atoms with Crippen molar-refractivity contribution in [1.29, 1.82) is 5.26 Å². The second-order valence-corrected chi connectivity index (χ2v) is 4.64. The van der Waals surface area contributed by atoms with E-state index in [9.17, 15) is 5.26 Å². The predicted molar refractivity (Wildman–Crippen MR) is 68.4 cm³/mol. The molecule has 0 amide bonds. The highest BCUT2D eigenvalue weighted by molar-refractivity contribution is 5.65. The Labute approximate surface area is 101 Å². The summed E-state index contributed by atoms with van der Waals surface area (Å²) in [4.78, 5) is 0. The van der Waals surface area contributed by atoms with Crippen molar-refractivity contribution in [2.24, 2.45) is 0 Å². The fourth-order valence-electron chi connectivity index (χ4n) is 2.22. The summed E-state index contributed by atoms with van der Waals surface area (Å²) in [5.74, 6) is 0. The van der Waals surface area contributed by atoms with Gasteiger partial charge in [0.1, 0.15) is 0 Å². The minimum absolute atomic E-state index is 0.190. The van der Waals surface area contributed by atoms with E-state index in [-0.39, 0.29) is 5.41 Å². The lowest BCUT2D eigenvalue weighted by Gasteiger charge is -2.08. The van der Waals surface area contributed by atoms with Crippen LogP contribution in [0, 0.1) is 11.3 Å². The first-order valence-corrected chi connectivity index (χ1v) is 5.91. The van der Waals surface area contributed by atoms with Crippen LogP contribution in [0.2, 0.25) is 0 Å². The highest BCUT2D eigenvalue weighted by atomic mass is 14.5. The Hall–Kier alpha value is -2.07. The molecule has 0 aliphatic heterocycles. The van der Waals surface area contributed by atoms with Crippen LogP contribution < -0.4 is 0 Å². The Balaban J connectivity index is 2.04. The zero-order chi connectivity index (χ0) is 11.7. The van der Waals surface area contributed by atoms with Crippen LogP contribution in [0.4, 0.5) is 0 Å². The van der Waals surface area contributed by atoms with E-state index >= 15 is 0 Å². The third-order valence-electron chi connectivity index (χ3n) is 3.49. The Morgan fingerprint density at radius 1 is 0.882 bits per heavy atom.